The largest absolute Gasteiger partial charge is 0.479 e. The molecule has 9 nitrogen and oxygen atoms in total. The predicted molar refractivity (Wildman–Crippen MR) is 117 cm³/mol. The van der Waals surface area contributed by atoms with Gasteiger partial charge in [0, 0.05) is 17.8 Å². The van der Waals surface area contributed by atoms with E-state index in [2.05, 4.69) is 25.6 Å². The minimum Gasteiger partial charge on any atom is -0.479 e. The maximum Gasteiger partial charge on any atom is 0.425 e. The smallest absolute Gasteiger partial charge is 0.425 e. The maximum atomic E-state index is 13.4. The Balaban J connectivity index is 1.99. The quantitative estimate of drug-likeness (QED) is 0.371. The summed E-state index contributed by atoms with van der Waals surface area (Å²) in [5.41, 5.74) is -0.706. The van der Waals surface area contributed by atoms with Crippen LogP contribution in [0.3, 0.4) is 0 Å². The molecule has 0 fully saturated rings. The SMILES string of the molecule is CC(Oc1cc(CF)c(S(N)(=O)=O)cc1Nc1cc(Nc2ccc(Cl)cn2)ncn1)C(F)(F)F. The van der Waals surface area contributed by atoms with Crippen LogP contribution in [-0.4, -0.2) is 35.6 Å². The highest BCUT2D eigenvalue weighted by molar-refractivity contribution is 7.89. The van der Waals surface area contributed by atoms with Gasteiger partial charge in [-0.25, -0.2) is 32.9 Å². The highest BCUT2D eigenvalue weighted by atomic mass is 35.5. The van der Waals surface area contributed by atoms with Crippen LogP contribution in [0.2, 0.25) is 5.02 Å². The van der Waals surface area contributed by atoms with Crippen LogP contribution in [0.5, 0.6) is 5.75 Å². The van der Waals surface area contributed by atoms with Crippen molar-refractivity contribution in [1.82, 2.24) is 15.0 Å². The Morgan fingerprint density at radius 3 is 2.32 bits per heavy atom. The van der Waals surface area contributed by atoms with Crippen molar-refractivity contribution in [2.75, 3.05) is 10.6 Å². The molecule has 3 aromatic rings. The lowest BCUT2D eigenvalue weighted by atomic mass is 10.2. The average molecular weight is 521 g/mol. The van der Waals surface area contributed by atoms with Crippen LogP contribution in [0.25, 0.3) is 0 Å². The van der Waals surface area contributed by atoms with Crippen LogP contribution in [0, 0.1) is 0 Å². The molecule has 0 saturated heterocycles. The van der Waals surface area contributed by atoms with Crippen LogP contribution in [0.4, 0.5) is 40.7 Å². The lowest BCUT2D eigenvalue weighted by molar-refractivity contribution is -0.189. The second-order valence-electron chi connectivity index (χ2n) is 6.84. The predicted octanol–water partition coefficient (Wildman–Crippen LogP) is 4.46. The summed E-state index contributed by atoms with van der Waals surface area (Å²) in [6.45, 7) is -0.559. The maximum absolute atomic E-state index is 13.4. The fraction of sp³-hybridized carbons (Fsp3) is 0.211. The Bertz CT molecular complexity index is 1280. The van der Waals surface area contributed by atoms with E-state index in [9.17, 15) is 26.0 Å². The van der Waals surface area contributed by atoms with Crippen molar-refractivity contribution in [2.45, 2.75) is 30.8 Å². The van der Waals surface area contributed by atoms with E-state index in [1.165, 1.54) is 12.3 Å². The molecule has 2 aromatic heterocycles. The number of benzene rings is 1. The summed E-state index contributed by atoms with van der Waals surface area (Å²) in [4.78, 5) is 11.4. The number of primary sulfonamides is 1. The fourth-order valence-electron chi connectivity index (χ4n) is 2.64. The van der Waals surface area contributed by atoms with Gasteiger partial charge in [-0.3, -0.25) is 0 Å². The van der Waals surface area contributed by atoms with E-state index in [1.54, 1.807) is 12.1 Å². The molecule has 0 amide bonds. The molecule has 0 aliphatic carbocycles. The first-order valence-corrected chi connectivity index (χ1v) is 11.3. The fourth-order valence-corrected chi connectivity index (χ4v) is 3.51. The normalized spacial score (nSPS) is 12.8. The number of nitrogens with zero attached hydrogens (tertiary/aromatic N) is 3. The highest BCUT2D eigenvalue weighted by Crippen LogP contribution is 2.36. The van der Waals surface area contributed by atoms with E-state index in [-0.39, 0.29) is 17.3 Å². The molecule has 15 heteroatoms. The zero-order valence-corrected chi connectivity index (χ0v) is 18.8. The molecule has 0 radical (unpaired) electrons. The summed E-state index contributed by atoms with van der Waals surface area (Å²) in [5.74, 6) is 0.216. The summed E-state index contributed by atoms with van der Waals surface area (Å²) in [5, 5.41) is 11.1. The van der Waals surface area contributed by atoms with Gasteiger partial charge in [0.25, 0.3) is 0 Å². The summed E-state index contributed by atoms with van der Waals surface area (Å²) >= 11 is 5.79. The molecule has 0 aliphatic heterocycles. The van der Waals surface area contributed by atoms with Gasteiger partial charge in [0.15, 0.2) is 6.10 Å². The van der Waals surface area contributed by atoms with Crippen LogP contribution in [-0.2, 0) is 16.7 Å². The number of alkyl halides is 4. The first kappa shape index (κ1) is 25.4. The van der Waals surface area contributed by atoms with Crippen molar-refractivity contribution in [1.29, 1.82) is 0 Å². The Labute approximate surface area is 196 Å². The standard InChI is InChI=1S/C19H17ClF4N6O3S/c1-10(19(22,23)24)33-14-4-11(7-21)15(34(25,31)32)5-13(14)29-17-6-18(28-9-27-17)30-16-3-2-12(20)8-26-16/h2-6,8-10H,7H2,1H3,(H2,25,31,32)(H2,26,27,28,29,30). The molecule has 1 unspecified atom stereocenters. The number of sulfonamides is 1. The molecule has 1 aromatic carbocycles. The summed E-state index contributed by atoms with van der Waals surface area (Å²) in [6.07, 6.45) is -4.48. The molecular formula is C19H17ClF4N6O3S. The molecule has 0 aliphatic rings. The third kappa shape index (κ3) is 6.42. The minimum atomic E-state index is -4.73. The highest BCUT2D eigenvalue weighted by Gasteiger charge is 2.38. The minimum absolute atomic E-state index is 0.0457. The number of ether oxygens (including phenoxy) is 1. The molecule has 3 rings (SSSR count). The number of nitrogens with two attached hydrogens (primary N) is 1. The van der Waals surface area contributed by atoms with E-state index < -0.39 is 45.2 Å². The third-order valence-corrected chi connectivity index (χ3v) is 5.51. The number of hydrogen-bond acceptors (Lipinski definition) is 8. The van der Waals surface area contributed by atoms with Crippen molar-refractivity contribution in [2.24, 2.45) is 5.14 Å². The van der Waals surface area contributed by atoms with Crippen molar-refractivity contribution in [3.63, 3.8) is 0 Å². The summed E-state index contributed by atoms with van der Waals surface area (Å²) in [7, 11) is -4.41. The van der Waals surface area contributed by atoms with Gasteiger partial charge in [0.2, 0.25) is 10.0 Å². The number of pyridine rings is 1. The van der Waals surface area contributed by atoms with Crippen LogP contribution >= 0.6 is 11.6 Å². The number of aromatic nitrogens is 3. The zero-order chi connectivity index (χ0) is 25.1. The van der Waals surface area contributed by atoms with Crippen molar-refractivity contribution in [3.05, 3.63) is 53.4 Å². The Morgan fingerprint density at radius 1 is 1.09 bits per heavy atom. The third-order valence-electron chi connectivity index (χ3n) is 4.29. The van der Waals surface area contributed by atoms with Crippen LogP contribution in [0.1, 0.15) is 12.5 Å². The molecule has 2 heterocycles. The Hall–Kier alpha value is -3.23. The van der Waals surface area contributed by atoms with Gasteiger partial charge in [-0.1, -0.05) is 11.6 Å². The second kappa shape index (κ2) is 9.95. The number of nitrogens with one attached hydrogen (secondary N) is 2. The number of hydrogen-bond donors (Lipinski definition) is 3. The Kier molecular flexibility index (Phi) is 7.43. The first-order valence-electron chi connectivity index (χ1n) is 9.33. The molecule has 0 spiro atoms. The second-order valence-corrected chi connectivity index (χ2v) is 8.80. The number of halogens is 5. The average Bonchev–Trinajstić information content (AvgIpc) is 2.75. The van der Waals surface area contributed by atoms with Crippen molar-refractivity contribution < 1.29 is 30.7 Å². The first-order chi connectivity index (χ1) is 15.9. The molecule has 4 N–H and O–H groups in total. The lowest BCUT2D eigenvalue weighted by Crippen LogP contribution is -2.31. The van der Waals surface area contributed by atoms with Gasteiger partial charge < -0.3 is 15.4 Å². The topological polar surface area (TPSA) is 132 Å². The van der Waals surface area contributed by atoms with Gasteiger partial charge >= 0.3 is 6.18 Å². The van der Waals surface area contributed by atoms with E-state index in [0.29, 0.717) is 10.8 Å². The number of rotatable bonds is 8. The van der Waals surface area contributed by atoms with Crippen LogP contribution < -0.4 is 20.5 Å². The zero-order valence-electron chi connectivity index (χ0n) is 17.3. The van der Waals surface area contributed by atoms with Gasteiger partial charge in [0.05, 0.1) is 15.6 Å². The van der Waals surface area contributed by atoms with E-state index in [1.807, 2.05) is 0 Å². The molecule has 34 heavy (non-hydrogen) atoms. The van der Waals surface area contributed by atoms with Gasteiger partial charge in [-0.05, 0) is 31.2 Å². The molecule has 182 valence electrons. The lowest BCUT2D eigenvalue weighted by Gasteiger charge is -2.21. The van der Waals surface area contributed by atoms with Crippen molar-refractivity contribution in [3.8, 4) is 5.75 Å². The van der Waals surface area contributed by atoms with E-state index in [4.69, 9.17) is 21.5 Å². The number of anilines is 4. The van der Waals surface area contributed by atoms with E-state index >= 15 is 0 Å². The summed E-state index contributed by atoms with van der Waals surface area (Å²) < 4.78 is 81.4. The molecule has 1 atom stereocenters. The summed E-state index contributed by atoms with van der Waals surface area (Å²) in [6, 6.07) is 6.24. The van der Waals surface area contributed by atoms with Crippen LogP contribution in [0.15, 0.2) is 47.8 Å². The van der Waals surface area contributed by atoms with Gasteiger partial charge in [-0.2, -0.15) is 13.2 Å². The van der Waals surface area contributed by atoms with Gasteiger partial charge in [-0.15, -0.1) is 0 Å². The molecular weight excluding hydrogens is 504 g/mol. The monoisotopic (exact) mass is 520 g/mol. The van der Waals surface area contributed by atoms with Crippen molar-refractivity contribution >= 4 is 44.8 Å². The van der Waals surface area contributed by atoms with E-state index in [0.717, 1.165) is 25.4 Å². The Morgan fingerprint density at radius 2 is 1.76 bits per heavy atom. The molecule has 0 bridgehead atoms. The molecule has 0 saturated carbocycles. The van der Waals surface area contributed by atoms with Gasteiger partial charge in [0.1, 0.15) is 36.2 Å².